The second kappa shape index (κ2) is 6.99. The first-order valence-electron chi connectivity index (χ1n) is 7.19. The molecule has 7 nitrogen and oxygen atoms in total. The van der Waals surface area contributed by atoms with Crippen LogP contribution in [0.5, 0.6) is 5.88 Å². The number of thioether (sulfide) groups is 1. The zero-order chi connectivity index (χ0) is 17.0. The van der Waals surface area contributed by atoms with Crippen molar-refractivity contribution >= 4 is 17.7 Å². The van der Waals surface area contributed by atoms with Crippen molar-refractivity contribution in [2.75, 3.05) is 7.11 Å². The van der Waals surface area contributed by atoms with Crippen molar-refractivity contribution in [1.29, 1.82) is 0 Å². The summed E-state index contributed by atoms with van der Waals surface area (Å²) in [5, 5.41) is 11.3. The molecule has 23 heavy (non-hydrogen) atoms. The second-order valence-electron chi connectivity index (χ2n) is 6.04. The molecule has 0 saturated heterocycles. The van der Waals surface area contributed by atoms with Crippen molar-refractivity contribution in [2.45, 2.75) is 43.6 Å². The van der Waals surface area contributed by atoms with E-state index in [1.807, 2.05) is 33.8 Å². The summed E-state index contributed by atoms with van der Waals surface area (Å²) in [4.78, 5) is 16.4. The Morgan fingerprint density at radius 2 is 2.13 bits per heavy atom. The summed E-state index contributed by atoms with van der Waals surface area (Å²) in [6, 6.07) is 3.62. The zero-order valence-corrected chi connectivity index (χ0v) is 14.7. The van der Waals surface area contributed by atoms with E-state index < -0.39 is 0 Å². The van der Waals surface area contributed by atoms with E-state index >= 15 is 0 Å². The molecule has 0 unspecified atom stereocenters. The fraction of sp³-hybridized carbons (Fsp3) is 0.467. The number of hydrogen-bond donors (Lipinski definition) is 1. The molecule has 2 aromatic heterocycles. The Labute approximate surface area is 139 Å². The lowest BCUT2D eigenvalue weighted by molar-refractivity contribution is -0.121. The normalized spacial score (nSPS) is 12.7. The van der Waals surface area contributed by atoms with Crippen molar-refractivity contribution in [3.8, 4) is 11.6 Å². The van der Waals surface area contributed by atoms with Gasteiger partial charge in [0.05, 0.1) is 24.2 Å². The fourth-order valence-corrected chi connectivity index (χ4v) is 2.64. The first kappa shape index (κ1) is 17.3. The van der Waals surface area contributed by atoms with Gasteiger partial charge in [-0.1, -0.05) is 11.8 Å². The van der Waals surface area contributed by atoms with Gasteiger partial charge in [-0.3, -0.25) is 9.36 Å². The summed E-state index contributed by atoms with van der Waals surface area (Å²) < 4.78 is 6.84. The van der Waals surface area contributed by atoms with E-state index in [-0.39, 0.29) is 16.7 Å². The van der Waals surface area contributed by atoms with Crippen LogP contribution < -0.4 is 10.1 Å². The maximum absolute atomic E-state index is 12.2. The van der Waals surface area contributed by atoms with E-state index in [9.17, 15) is 4.79 Å². The van der Waals surface area contributed by atoms with E-state index in [0.717, 1.165) is 5.69 Å². The number of amides is 1. The minimum absolute atomic E-state index is 0.0371. The minimum atomic E-state index is -0.289. The minimum Gasteiger partial charge on any atom is -0.481 e. The third kappa shape index (κ3) is 4.69. The Bertz CT molecular complexity index is 663. The summed E-state index contributed by atoms with van der Waals surface area (Å²) in [7, 11) is 1.57. The molecule has 1 amide bonds. The van der Waals surface area contributed by atoms with Crippen molar-refractivity contribution in [3.63, 3.8) is 0 Å². The first-order chi connectivity index (χ1) is 10.8. The van der Waals surface area contributed by atoms with Crippen molar-refractivity contribution in [1.82, 2.24) is 25.1 Å². The molecule has 0 radical (unpaired) electrons. The monoisotopic (exact) mass is 335 g/mol. The lowest BCUT2D eigenvalue weighted by Crippen LogP contribution is -2.44. The van der Waals surface area contributed by atoms with Crippen LogP contribution in [0.2, 0.25) is 0 Å². The molecule has 0 fully saturated rings. The maximum atomic E-state index is 12.2. The molecule has 0 spiro atoms. The molecule has 2 aromatic rings. The summed E-state index contributed by atoms with van der Waals surface area (Å²) in [6.07, 6.45) is 3.27. The molecule has 0 aliphatic heterocycles. The molecule has 0 aromatic carbocycles. The smallest absolute Gasteiger partial charge is 0.233 e. The topological polar surface area (TPSA) is 81.9 Å². The van der Waals surface area contributed by atoms with Gasteiger partial charge in [-0.15, -0.1) is 10.2 Å². The average molecular weight is 335 g/mol. The third-order valence-electron chi connectivity index (χ3n) is 2.87. The van der Waals surface area contributed by atoms with Crippen molar-refractivity contribution < 1.29 is 9.53 Å². The summed E-state index contributed by atoms with van der Waals surface area (Å²) in [5.74, 6) is 0.499. The molecule has 0 aliphatic rings. The molecule has 0 bridgehead atoms. The quantitative estimate of drug-likeness (QED) is 0.842. The number of nitrogens with zero attached hydrogens (tertiary/aromatic N) is 4. The Morgan fingerprint density at radius 3 is 2.70 bits per heavy atom. The van der Waals surface area contributed by atoms with Crippen LogP contribution in [-0.4, -0.2) is 43.6 Å². The number of rotatable bonds is 5. The molecule has 8 heteroatoms. The Hall–Kier alpha value is -2.09. The average Bonchev–Trinajstić information content (AvgIpc) is 2.93. The van der Waals surface area contributed by atoms with Gasteiger partial charge in [0.1, 0.15) is 6.33 Å². The highest BCUT2D eigenvalue weighted by Crippen LogP contribution is 2.24. The number of methoxy groups -OCH3 is 1. The van der Waals surface area contributed by atoms with E-state index in [2.05, 4.69) is 20.5 Å². The van der Waals surface area contributed by atoms with Gasteiger partial charge >= 0.3 is 0 Å². The van der Waals surface area contributed by atoms with Crippen LogP contribution in [0, 0.1) is 0 Å². The van der Waals surface area contributed by atoms with Gasteiger partial charge in [0.15, 0.2) is 5.16 Å². The summed E-state index contributed by atoms with van der Waals surface area (Å²) in [6.45, 7) is 7.70. The number of aromatic nitrogens is 4. The highest BCUT2D eigenvalue weighted by Gasteiger charge is 2.22. The second-order valence-corrected chi connectivity index (χ2v) is 7.35. The third-order valence-corrected chi connectivity index (χ3v) is 3.93. The van der Waals surface area contributed by atoms with Crippen LogP contribution in [0.15, 0.2) is 29.8 Å². The number of pyridine rings is 1. The van der Waals surface area contributed by atoms with Crippen LogP contribution in [0.1, 0.15) is 27.7 Å². The molecule has 0 saturated carbocycles. The van der Waals surface area contributed by atoms with Gasteiger partial charge in [-0.2, -0.15) is 0 Å². The SMILES string of the molecule is COc1ccc(-n2cnnc2S[C@H](C)C(=O)NC(C)(C)C)cn1. The van der Waals surface area contributed by atoms with Crippen LogP contribution in [-0.2, 0) is 4.79 Å². The van der Waals surface area contributed by atoms with E-state index in [1.165, 1.54) is 11.8 Å². The van der Waals surface area contributed by atoms with Gasteiger partial charge in [0.2, 0.25) is 11.8 Å². The first-order valence-corrected chi connectivity index (χ1v) is 8.07. The standard InChI is InChI=1S/C15H21N5O2S/c1-10(13(21)18-15(2,3)4)23-14-19-17-9-20(14)11-6-7-12(22-5)16-8-11/h6-10H,1-5H3,(H,18,21)/t10-/m1/s1. The largest absolute Gasteiger partial charge is 0.481 e. The number of ether oxygens (including phenoxy) is 1. The van der Waals surface area contributed by atoms with Crippen LogP contribution in [0.3, 0.4) is 0 Å². The number of carbonyl (C=O) groups is 1. The molecule has 2 heterocycles. The molecule has 1 atom stereocenters. The highest BCUT2D eigenvalue weighted by atomic mass is 32.2. The zero-order valence-electron chi connectivity index (χ0n) is 13.9. The van der Waals surface area contributed by atoms with E-state index in [0.29, 0.717) is 11.0 Å². The van der Waals surface area contributed by atoms with Gasteiger partial charge in [-0.05, 0) is 33.8 Å². The fourth-order valence-electron chi connectivity index (χ4n) is 1.80. The van der Waals surface area contributed by atoms with Crippen molar-refractivity contribution in [2.24, 2.45) is 0 Å². The van der Waals surface area contributed by atoms with Gasteiger partial charge < -0.3 is 10.1 Å². The number of carbonyl (C=O) groups excluding carboxylic acids is 1. The van der Waals surface area contributed by atoms with Gasteiger partial charge in [0, 0.05) is 11.6 Å². The Kier molecular flexibility index (Phi) is 5.25. The number of nitrogens with one attached hydrogen (secondary N) is 1. The predicted molar refractivity (Wildman–Crippen MR) is 88.9 cm³/mol. The molecule has 124 valence electrons. The molecular formula is C15H21N5O2S. The predicted octanol–water partition coefficient (Wildman–Crippen LogP) is 2.07. The number of hydrogen-bond acceptors (Lipinski definition) is 6. The lowest BCUT2D eigenvalue weighted by atomic mass is 10.1. The molecule has 1 N–H and O–H groups in total. The highest BCUT2D eigenvalue weighted by molar-refractivity contribution is 8.00. The lowest BCUT2D eigenvalue weighted by Gasteiger charge is -2.22. The summed E-state index contributed by atoms with van der Waals surface area (Å²) >= 11 is 1.35. The maximum Gasteiger partial charge on any atom is 0.233 e. The molecule has 0 aliphatic carbocycles. The Balaban J connectivity index is 2.13. The van der Waals surface area contributed by atoms with Crippen LogP contribution >= 0.6 is 11.8 Å². The molecular weight excluding hydrogens is 314 g/mol. The summed E-state index contributed by atoms with van der Waals surface area (Å²) in [5.41, 5.74) is 0.543. The van der Waals surface area contributed by atoms with Crippen LogP contribution in [0.4, 0.5) is 0 Å². The van der Waals surface area contributed by atoms with Crippen molar-refractivity contribution in [3.05, 3.63) is 24.7 Å². The van der Waals surface area contributed by atoms with Gasteiger partial charge in [-0.25, -0.2) is 4.98 Å². The van der Waals surface area contributed by atoms with Gasteiger partial charge in [0.25, 0.3) is 0 Å². The van der Waals surface area contributed by atoms with E-state index in [1.54, 1.807) is 30.3 Å². The van der Waals surface area contributed by atoms with E-state index in [4.69, 9.17) is 4.74 Å². The molecule has 2 rings (SSSR count). The van der Waals surface area contributed by atoms with Crippen LogP contribution in [0.25, 0.3) is 5.69 Å². The Morgan fingerprint density at radius 1 is 1.39 bits per heavy atom.